The largest absolute Gasteiger partial charge is 0.469 e. The maximum atomic E-state index is 11.4. The number of nitrogens with two attached hydrogens (primary N) is 1. The molecule has 5 nitrogen and oxygen atoms in total. The third-order valence-electron chi connectivity index (χ3n) is 2.81. The van der Waals surface area contributed by atoms with Crippen molar-refractivity contribution >= 4 is 11.9 Å². The third kappa shape index (κ3) is 4.18. The molecule has 0 unspecified atom stereocenters. The molecule has 1 aliphatic rings. The Morgan fingerprint density at radius 3 is 2.56 bits per heavy atom. The van der Waals surface area contributed by atoms with Crippen LogP contribution in [0.15, 0.2) is 0 Å². The van der Waals surface area contributed by atoms with Gasteiger partial charge in [0, 0.05) is 13.0 Å². The van der Waals surface area contributed by atoms with E-state index in [2.05, 4.69) is 10.1 Å². The Hall–Kier alpha value is -1.10. The average molecular weight is 228 g/mol. The molecular formula is C11H20N2O3. The monoisotopic (exact) mass is 228 g/mol. The molecule has 16 heavy (non-hydrogen) atoms. The van der Waals surface area contributed by atoms with Crippen LogP contribution in [0.3, 0.4) is 0 Å². The van der Waals surface area contributed by atoms with Crippen molar-refractivity contribution < 1.29 is 14.3 Å². The van der Waals surface area contributed by atoms with E-state index in [0.717, 1.165) is 32.1 Å². The lowest BCUT2D eigenvalue weighted by Gasteiger charge is -2.09. The van der Waals surface area contributed by atoms with Gasteiger partial charge in [-0.25, -0.2) is 0 Å². The molecular weight excluding hydrogens is 208 g/mol. The van der Waals surface area contributed by atoms with Gasteiger partial charge in [0.25, 0.3) is 0 Å². The SMILES string of the molecule is COC(=O)CCCCCNC(=O)C1(N)CC1. The highest BCUT2D eigenvalue weighted by Gasteiger charge is 2.45. The first kappa shape index (κ1) is 13.0. The second-order valence-electron chi connectivity index (χ2n) is 4.30. The Morgan fingerprint density at radius 1 is 1.31 bits per heavy atom. The summed E-state index contributed by atoms with van der Waals surface area (Å²) >= 11 is 0. The molecule has 0 bridgehead atoms. The fraction of sp³-hybridized carbons (Fsp3) is 0.818. The highest BCUT2D eigenvalue weighted by molar-refractivity contribution is 5.88. The maximum Gasteiger partial charge on any atom is 0.305 e. The van der Waals surface area contributed by atoms with Crippen LogP contribution in [0.25, 0.3) is 0 Å². The number of unbranched alkanes of at least 4 members (excludes halogenated alkanes) is 2. The quantitative estimate of drug-likeness (QED) is 0.486. The Balaban J connectivity index is 1.92. The summed E-state index contributed by atoms with van der Waals surface area (Å²) in [6.45, 7) is 0.638. The predicted octanol–water partition coefficient (Wildman–Crippen LogP) is 0.327. The zero-order valence-corrected chi connectivity index (χ0v) is 9.75. The highest BCUT2D eigenvalue weighted by Crippen LogP contribution is 2.31. The molecule has 0 radical (unpaired) electrons. The zero-order chi connectivity index (χ0) is 12.0. The molecule has 0 spiro atoms. The molecule has 0 heterocycles. The van der Waals surface area contributed by atoms with Crippen molar-refractivity contribution in [1.29, 1.82) is 0 Å². The molecule has 5 heteroatoms. The summed E-state index contributed by atoms with van der Waals surface area (Å²) in [6.07, 6.45) is 4.62. The van der Waals surface area contributed by atoms with E-state index in [-0.39, 0.29) is 11.9 Å². The van der Waals surface area contributed by atoms with Crippen LogP contribution >= 0.6 is 0 Å². The number of carbonyl (C=O) groups excluding carboxylic acids is 2. The Morgan fingerprint density at radius 2 is 2.00 bits per heavy atom. The normalized spacial score (nSPS) is 16.6. The molecule has 0 aromatic carbocycles. The molecule has 1 aliphatic carbocycles. The smallest absolute Gasteiger partial charge is 0.305 e. The van der Waals surface area contributed by atoms with Crippen LogP contribution in [0.4, 0.5) is 0 Å². The summed E-state index contributed by atoms with van der Waals surface area (Å²) in [4.78, 5) is 22.2. The van der Waals surface area contributed by atoms with Gasteiger partial charge >= 0.3 is 5.97 Å². The van der Waals surface area contributed by atoms with Crippen LogP contribution in [-0.2, 0) is 14.3 Å². The molecule has 0 aromatic rings. The van der Waals surface area contributed by atoms with Crippen molar-refractivity contribution in [3.8, 4) is 0 Å². The molecule has 92 valence electrons. The molecule has 1 saturated carbocycles. The molecule has 0 saturated heterocycles. The van der Waals surface area contributed by atoms with E-state index in [1.807, 2.05) is 0 Å². The number of esters is 1. The summed E-state index contributed by atoms with van der Waals surface area (Å²) in [6, 6.07) is 0. The summed E-state index contributed by atoms with van der Waals surface area (Å²) in [5.74, 6) is -0.219. The topological polar surface area (TPSA) is 81.4 Å². The van der Waals surface area contributed by atoms with E-state index in [0.29, 0.717) is 13.0 Å². The number of nitrogens with one attached hydrogen (secondary N) is 1. The van der Waals surface area contributed by atoms with Crippen molar-refractivity contribution in [3.63, 3.8) is 0 Å². The van der Waals surface area contributed by atoms with Gasteiger partial charge in [-0.1, -0.05) is 6.42 Å². The van der Waals surface area contributed by atoms with Gasteiger partial charge in [0.05, 0.1) is 12.6 Å². The number of hydrogen-bond acceptors (Lipinski definition) is 4. The number of hydrogen-bond donors (Lipinski definition) is 2. The van der Waals surface area contributed by atoms with Gasteiger partial charge in [0.2, 0.25) is 5.91 Å². The van der Waals surface area contributed by atoms with Crippen LogP contribution in [0.2, 0.25) is 0 Å². The van der Waals surface area contributed by atoms with Gasteiger partial charge in [-0.3, -0.25) is 9.59 Å². The fourth-order valence-electron chi connectivity index (χ4n) is 1.41. The Bertz CT molecular complexity index is 262. The molecule has 3 N–H and O–H groups in total. The molecule has 0 aliphatic heterocycles. The van der Waals surface area contributed by atoms with Crippen molar-refractivity contribution in [2.45, 2.75) is 44.1 Å². The second kappa shape index (κ2) is 5.84. The summed E-state index contributed by atoms with van der Waals surface area (Å²) in [7, 11) is 1.39. The Kier molecular flexibility index (Phi) is 4.73. The molecule has 1 fully saturated rings. The number of amides is 1. The first-order valence-electron chi connectivity index (χ1n) is 5.72. The van der Waals surface area contributed by atoms with Crippen molar-refractivity contribution in [2.75, 3.05) is 13.7 Å². The van der Waals surface area contributed by atoms with Gasteiger partial charge < -0.3 is 15.8 Å². The van der Waals surface area contributed by atoms with Crippen LogP contribution < -0.4 is 11.1 Å². The predicted molar refractivity (Wildman–Crippen MR) is 59.6 cm³/mol. The van der Waals surface area contributed by atoms with E-state index >= 15 is 0 Å². The van der Waals surface area contributed by atoms with Crippen LogP contribution in [0.1, 0.15) is 38.5 Å². The number of ether oxygens (including phenoxy) is 1. The zero-order valence-electron chi connectivity index (χ0n) is 9.75. The minimum Gasteiger partial charge on any atom is -0.469 e. The fourth-order valence-corrected chi connectivity index (χ4v) is 1.41. The minimum atomic E-state index is -0.577. The lowest BCUT2D eigenvalue weighted by Crippen LogP contribution is -2.42. The van der Waals surface area contributed by atoms with Crippen LogP contribution in [0.5, 0.6) is 0 Å². The van der Waals surface area contributed by atoms with E-state index in [9.17, 15) is 9.59 Å². The van der Waals surface area contributed by atoms with Gasteiger partial charge in [-0.2, -0.15) is 0 Å². The molecule has 0 aromatic heterocycles. The number of methoxy groups -OCH3 is 1. The van der Waals surface area contributed by atoms with Gasteiger partial charge in [-0.05, 0) is 25.7 Å². The van der Waals surface area contributed by atoms with Crippen LogP contribution in [-0.4, -0.2) is 31.1 Å². The van der Waals surface area contributed by atoms with E-state index in [1.165, 1.54) is 7.11 Å². The lowest BCUT2D eigenvalue weighted by atomic mass is 10.2. The number of carbonyl (C=O) groups is 2. The molecule has 0 atom stereocenters. The first-order chi connectivity index (χ1) is 7.58. The second-order valence-corrected chi connectivity index (χ2v) is 4.30. The number of rotatable bonds is 7. The highest BCUT2D eigenvalue weighted by atomic mass is 16.5. The van der Waals surface area contributed by atoms with Gasteiger partial charge in [0.15, 0.2) is 0 Å². The van der Waals surface area contributed by atoms with Crippen molar-refractivity contribution in [3.05, 3.63) is 0 Å². The lowest BCUT2D eigenvalue weighted by molar-refractivity contribution is -0.140. The van der Waals surface area contributed by atoms with E-state index in [1.54, 1.807) is 0 Å². The molecule has 1 rings (SSSR count). The van der Waals surface area contributed by atoms with Crippen molar-refractivity contribution in [2.24, 2.45) is 5.73 Å². The Labute approximate surface area is 95.7 Å². The molecule has 1 amide bonds. The van der Waals surface area contributed by atoms with Crippen LogP contribution in [0, 0.1) is 0 Å². The average Bonchev–Trinajstić information content (AvgIpc) is 3.02. The summed E-state index contributed by atoms with van der Waals surface area (Å²) in [5.41, 5.74) is 5.14. The first-order valence-corrected chi connectivity index (χ1v) is 5.72. The standard InChI is InChI=1S/C11H20N2O3/c1-16-9(14)5-3-2-4-8-13-10(15)11(12)6-7-11/h2-8,12H2,1H3,(H,13,15). The van der Waals surface area contributed by atoms with Gasteiger partial charge in [-0.15, -0.1) is 0 Å². The van der Waals surface area contributed by atoms with E-state index in [4.69, 9.17) is 5.73 Å². The van der Waals surface area contributed by atoms with Crippen molar-refractivity contribution in [1.82, 2.24) is 5.32 Å². The summed E-state index contributed by atoms with van der Waals surface area (Å²) in [5, 5.41) is 2.81. The minimum absolute atomic E-state index is 0.0412. The van der Waals surface area contributed by atoms with Gasteiger partial charge in [0.1, 0.15) is 0 Å². The summed E-state index contributed by atoms with van der Waals surface area (Å²) < 4.78 is 4.52. The third-order valence-corrected chi connectivity index (χ3v) is 2.81. The van der Waals surface area contributed by atoms with E-state index < -0.39 is 5.54 Å². The maximum absolute atomic E-state index is 11.4.